The van der Waals surface area contributed by atoms with E-state index in [9.17, 15) is 0 Å². The number of hydrogen-bond acceptors (Lipinski definition) is 2. The van der Waals surface area contributed by atoms with Crippen molar-refractivity contribution in [2.75, 3.05) is 6.66 Å². The van der Waals surface area contributed by atoms with Crippen LogP contribution in [0.4, 0.5) is 0 Å². The second-order valence-corrected chi connectivity index (χ2v) is 5.18. The average molecular weight is 136 g/mol. The van der Waals surface area contributed by atoms with Gasteiger partial charge in [-0.15, -0.1) is 6.13 Å². The Labute approximate surface area is 48.1 Å². The Bertz CT molecular complexity index is 99.1. The lowest BCUT2D eigenvalue weighted by Gasteiger charge is -1.77. The molecule has 3 heteroatoms. The Kier molecular flexibility index (Phi) is 4.02. The van der Waals surface area contributed by atoms with Gasteiger partial charge in [0.15, 0.2) is 0 Å². The summed E-state index contributed by atoms with van der Waals surface area (Å²) in [4.78, 5) is 0. The van der Waals surface area contributed by atoms with E-state index in [0.29, 0.717) is 0 Å². The molecule has 0 aromatic heterocycles. The monoisotopic (exact) mass is 136 g/mol. The zero-order valence-corrected chi connectivity index (χ0v) is 5.95. The van der Waals surface area contributed by atoms with E-state index >= 15 is 0 Å². The quantitative estimate of drug-likeness (QED) is 0.400. The van der Waals surface area contributed by atoms with Crippen LogP contribution in [0.2, 0.25) is 0 Å². The highest BCUT2D eigenvalue weighted by molar-refractivity contribution is 8.61. The maximum absolute atomic E-state index is 5.33. The van der Waals surface area contributed by atoms with Crippen LogP contribution in [-0.2, 0) is 0 Å². The molecule has 0 aromatic rings. The molecule has 0 nitrogen and oxygen atoms in total. The van der Waals surface area contributed by atoms with Crippen LogP contribution in [0.25, 0.3) is 0 Å². The Balaban J connectivity index is 3.14. The summed E-state index contributed by atoms with van der Waals surface area (Å²) in [5.41, 5.74) is 0. The van der Waals surface area contributed by atoms with Crippen molar-refractivity contribution in [2.24, 2.45) is 0 Å². The predicted molar refractivity (Wildman–Crippen MR) is 39.0 cm³/mol. The first-order chi connectivity index (χ1) is 2.77. The van der Waals surface area contributed by atoms with Crippen LogP contribution in [0.1, 0.15) is 0 Å². The maximum atomic E-state index is 5.33. The molecule has 0 amide bonds. The van der Waals surface area contributed by atoms with Crippen molar-refractivity contribution in [3.8, 4) is 6.13 Å². The summed E-state index contributed by atoms with van der Waals surface area (Å²) in [5, 5.41) is 0. The van der Waals surface area contributed by atoms with Crippen molar-refractivity contribution in [1.82, 2.24) is 0 Å². The van der Waals surface area contributed by atoms with Gasteiger partial charge in [-0.1, -0.05) is 30.2 Å². The molecular weight excluding hydrogens is 131 g/mol. The van der Waals surface area contributed by atoms with Crippen LogP contribution in [-0.4, -0.2) is 11.4 Å². The lowest BCUT2D eigenvalue weighted by molar-refractivity contribution is 2.50. The fraction of sp³-hybridized carbons (Fsp3) is 0.333. The molecule has 0 radical (unpaired) electrons. The van der Waals surface area contributed by atoms with Gasteiger partial charge in [-0.3, -0.25) is 0 Å². The summed E-state index contributed by atoms with van der Waals surface area (Å²) in [6.45, 7) is 1.62. The van der Waals surface area contributed by atoms with E-state index in [-0.39, 0.29) is 6.58 Å². The van der Waals surface area contributed by atoms with Crippen LogP contribution >= 0.6 is 30.2 Å². The molecule has 1 atom stereocenters. The highest BCUT2D eigenvalue weighted by atomic mass is 32.7. The Morgan fingerprint density at radius 3 is 2.50 bits per heavy atom. The second kappa shape index (κ2) is 3.70. The largest absolute Gasteiger partial charge is 0.136 e. The molecule has 34 valence electrons. The molecule has 0 spiro atoms. The molecule has 0 aliphatic carbocycles. The van der Waals surface area contributed by atoms with Crippen molar-refractivity contribution >= 4 is 34.9 Å². The summed E-state index contributed by atoms with van der Waals surface area (Å²) in [6, 6.07) is 0. The summed E-state index contributed by atoms with van der Waals surface area (Å²) in [5.74, 6) is 0. The smallest absolute Gasteiger partial charge is 0.0431 e. The molecule has 0 bridgehead atoms. The van der Waals surface area contributed by atoms with Crippen molar-refractivity contribution in [2.45, 2.75) is 0 Å². The van der Waals surface area contributed by atoms with Gasteiger partial charge < -0.3 is 0 Å². The normalized spacial score (nSPS) is 10.3. The molecule has 6 heavy (non-hydrogen) atoms. The summed E-state index contributed by atoms with van der Waals surface area (Å²) >= 11 is 6.02. The van der Waals surface area contributed by atoms with E-state index < -0.39 is 0 Å². The van der Waals surface area contributed by atoms with Crippen LogP contribution in [0.3, 0.4) is 0 Å². The number of hydrogen-bond donors (Lipinski definition) is 0. The zero-order valence-electron chi connectivity index (χ0n) is 3.42. The third kappa shape index (κ3) is 4.52. The topological polar surface area (TPSA) is 0 Å². The van der Waals surface area contributed by atoms with Crippen LogP contribution < -0.4 is 0 Å². The molecule has 0 aliphatic heterocycles. The average Bonchev–Trinajstić information content (AvgIpc) is 1.35. The second-order valence-electron chi connectivity index (χ2n) is 0.748. The van der Waals surface area contributed by atoms with Gasteiger partial charge in [0.1, 0.15) is 0 Å². The van der Waals surface area contributed by atoms with E-state index in [1.54, 1.807) is 4.70 Å². The molecule has 0 rings (SSSR count). The van der Waals surface area contributed by atoms with Gasteiger partial charge in [-0.2, -0.15) is 0 Å². The van der Waals surface area contributed by atoms with E-state index in [1.165, 1.54) is 11.4 Å². The molecule has 0 N–H and O–H groups in total. The first-order valence-corrected chi connectivity index (χ1v) is 5.17. The van der Waals surface area contributed by atoms with E-state index in [1.807, 2.05) is 6.66 Å². The lowest BCUT2D eigenvalue weighted by atomic mass is 11.9. The van der Waals surface area contributed by atoms with Crippen molar-refractivity contribution < 1.29 is 0 Å². The van der Waals surface area contributed by atoms with Gasteiger partial charge in [-0.25, -0.2) is 0 Å². The Morgan fingerprint density at radius 2 is 2.50 bits per heavy atom. The fourth-order valence-electron chi connectivity index (χ4n) is 0.0679. The number of thiocarbonyl (C=S) groups is 1. The minimum Gasteiger partial charge on any atom is -0.136 e. The van der Waals surface area contributed by atoms with Gasteiger partial charge in [0.25, 0.3) is 0 Å². The molecule has 0 saturated carbocycles. The molecule has 1 unspecified atom stereocenters. The molecule has 0 heterocycles. The summed E-state index contributed by atoms with van der Waals surface area (Å²) < 4.78 is 1.60. The zero-order chi connectivity index (χ0) is 4.99. The molecule has 0 aliphatic rings. The van der Waals surface area contributed by atoms with Crippen LogP contribution in [0.15, 0.2) is 0 Å². The first-order valence-electron chi connectivity index (χ1n) is 1.36. The minimum atomic E-state index is -0.344. The lowest BCUT2D eigenvalue weighted by Crippen LogP contribution is -1.38. The first kappa shape index (κ1) is 6.52. The molecule has 0 saturated heterocycles. The molecular formula is C3H5PS2. The highest BCUT2D eigenvalue weighted by Crippen LogP contribution is 2.27. The highest BCUT2D eigenvalue weighted by Gasteiger charge is 1.69. The van der Waals surface area contributed by atoms with Gasteiger partial charge in [0, 0.05) is 4.70 Å². The Morgan fingerprint density at radius 1 is 2.00 bits per heavy atom. The third-order valence-electron chi connectivity index (χ3n) is 0.209. The summed E-state index contributed by atoms with van der Waals surface area (Å²) in [6.07, 6.45) is 5.33. The third-order valence-corrected chi connectivity index (χ3v) is 2.66. The van der Waals surface area contributed by atoms with E-state index in [0.717, 1.165) is 0 Å². The van der Waals surface area contributed by atoms with Gasteiger partial charge >= 0.3 is 0 Å². The van der Waals surface area contributed by atoms with Crippen molar-refractivity contribution in [3.63, 3.8) is 0 Å². The minimum absolute atomic E-state index is 0.344. The van der Waals surface area contributed by atoms with Gasteiger partial charge in [0.05, 0.1) is 0 Å². The van der Waals surface area contributed by atoms with Gasteiger partial charge in [-0.05, 0) is 6.66 Å². The predicted octanol–water partition coefficient (Wildman–Crippen LogP) is 2.29. The summed E-state index contributed by atoms with van der Waals surface area (Å²) in [7, 11) is 0. The number of rotatable bonds is 1. The fourth-order valence-corrected chi connectivity index (χ4v) is 1.83. The molecule has 0 aromatic carbocycles. The van der Waals surface area contributed by atoms with Crippen LogP contribution in [0.5, 0.6) is 0 Å². The standard InChI is InChI=1S/C3H5PS2/c1-4(2)6-3-5/h1,3H,2H3. The SMILES string of the molecule is C#P(C)SC=S. The van der Waals surface area contributed by atoms with Gasteiger partial charge in [0.2, 0.25) is 0 Å². The van der Waals surface area contributed by atoms with E-state index in [2.05, 4.69) is 12.2 Å². The van der Waals surface area contributed by atoms with Crippen LogP contribution in [0, 0.1) is 6.13 Å². The van der Waals surface area contributed by atoms with Crippen molar-refractivity contribution in [1.29, 1.82) is 0 Å². The van der Waals surface area contributed by atoms with Crippen molar-refractivity contribution in [3.05, 3.63) is 0 Å². The Hall–Kier alpha value is 0.520. The molecule has 0 fully saturated rings. The maximum Gasteiger partial charge on any atom is 0.0431 e. The van der Waals surface area contributed by atoms with E-state index in [4.69, 9.17) is 6.13 Å².